The van der Waals surface area contributed by atoms with Crippen LogP contribution in [0.2, 0.25) is 0 Å². The fraction of sp³-hybridized carbons (Fsp3) is 0.300. The molecule has 0 bridgehead atoms. The first-order valence-electron chi connectivity index (χ1n) is 4.55. The molecule has 17 heavy (non-hydrogen) atoms. The standard InChI is InChI=1S/C10H8BrF3N2O/c11-8-5(3-15)1-2-6(9(8)12)16-4-7(17)10(13)14/h1-2,7,10,16-17H,4H2. The number of anilines is 1. The Labute approximate surface area is 104 Å². The maximum Gasteiger partial charge on any atom is 0.265 e. The number of aliphatic hydroxyl groups excluding tert-OH is 1. The molecule has 0 aromatic heterocycles. The number of hydrogen-bond acceptors (Lipinski definition) is 3. The average molecular weight is 309 g/mol. The topological polar surface area (TPSA) is 56.0 Å². The minimum absolute atomic E-state index is 0.0449. The zero-order valence-electron chi connectivity index (χ0n) is 8.42. The van der Waals surface area contributed by atoms with E-state index in [0.29, 0.717) is 0 Å². The fourth-order valence-corrected chi connectivity index (χ4v) is 1.51. The molecule has 0 heterocycles. The molecule has 1 aromatic carbocycles. The maximum atomic E-state index is 13.6. The Bertz CT molecular complexity index is 448. The van der Waals surface area contributed by atoms with Gasteiger partial charge >= 0.3 is 0 Å². The maximum absolute atomic E-state index is 13.6. The number of nitriles is 1. The monoisotopic (exact) mass is 308 g/mol. The van der Waals surface area contributed by atoms with Crippen molar-refractivity contribution in [2.45, 2.75) is 12.5 Å². The lowest BCUT2D eigenvalue weighted by atomic mass is 10.2. The number of rotatable bonds is 4. The summed E-state index contributed by atoms with van der Waals surface area (Å²) in [6.45, 7) is -0.479. The molecule has 3 nitrogen and oxygen atoms in total. The Morgan fingerprint density at radius 2 is 2.12 bits per heavy atom. The van der Waals surface area contributed by atoms with Crippen LogP contribution in [0.1, 0.15) is 5.56 Å². The van der Waals surface area contributed by atoms with Crippen molar-refractivity contribution in [3.8, 4) is 6.07 Å². The van der Waals surface area contributed by atoms with Crippen molar-refractivity contribution < 1.29 is 18.3 Å². The molecule has 0 saturated heterocycles. The molecule has 0 radical (unpaired) electrons. The fourth-order valence-electron chi connectivity index (χ4n) is 1.08. The lowest BCUT2D eigenvalue weighted by Gasteiger charge is -2.13. The van der Waals surface area contributed by atoms with Crippen molar-refractivity contribution in [3.05, 3.63) is 28.0 Å². The van der Waals surface area contributed by atoms with Crippen LogP contribution < -0.4 is 5.32 Å². The van der Waals surface area contributed by atoms with E-state index in [0.717, 1.165) is 0 Å². The smallest absolute Gasteiger partial charge is 0.265 e. The Balaban J connectivity index is 2.81. The van der Waals surface area contributed by atoms with Crippen LogP contribution in [0.3, 0.4) is 0 Å². The van der Waals surface area contributed by atoms with Crippen molar-refractivity contribution in [2.75, 3.05) is 11.9 Å². The van der Waals surface area contributed by atoms with Gasteiger partial charge in [-0.05, 0) is 28.1 Å². The lowest BCUT2D eigenvalue weighted by molar-refractivity contribution is 0.00381. The predicted octanol–water partition coefficient (Wildman–Crippen LogP) is 2.50. The summed E-state index contributed by atoms with van der Waals surface area (Å²) in [6, 6.07) is 4.35. The van der Waals surface area contributed by atoms with Crippen molar-refractivity contribution in [1.29, 1.82) is 5.26 Å². The Morgan fingerprint density at radius 3 is 2.65 bits per heavy atom. The predicted molar refractivity (Wildman–Crippen MR) is 59.3 cm³/mol. The first-order chi connectivity index (χ1) is 7.97. The summed E-state index contributed by atoms with van der Waals surface area (Å²) in [7, 11) is 0. The van der Waals surface area contributed by atoms with E-state index in [1.165, 1.54) is 12.1 Å². The highest BCUT2D eigenvalue weighted by molar-refractivity contribution is 9.10. The molecule has 1 rings (SSSR count). The second-order valence-electron chi connectivity index (χ2n) is 3.18. The van der Waals surface area contributed by atoms with Gasteiger partial charge in [-0.25, -0.2) is 13.2 Å². The number of benzene rings is 1. The Hall–Kier alpha value is -1.26. The molecule has 0 aliphatic carbocycles. The van der Waals surface area contributed by atoms with Gasteiger partial charge < -0.3 is 10.4 Å². The molecule has 1 atom stereocenters. The summed E-state index contributed by atoms with van der Waals surface area (Å²) in [5, 5.41) is 19.8. The normalized spacial score (nSPS) is 12.3. The SMILES string of the molecule is N#Cc1ccc(NCC(O)C(F)F)c(F)c1Br. The van der Waals surface area contributed by atoms with Crippen LogP contribution in [-0.2, 0) is 0 Å². The molecular formula is C10H8BrF3N2O. The average Bonchev–Trinajstić information content (AvgIpc) is 2.30. The molecule has 0 spiro atoms. The van der Waals surface area contributed by atoms with Crippen molar-refractivity contribution in [3.63, 3.8) is 0 Å². The number of hydrogen-bond donors (Lipinski definition) is 2. The van der Waals surface area contributed by atoms with Gasteiger partial charge in [0.2, 0.25) is 0 Å². The van der Waals surface area contributed by atoms with Crippen molar-refractivity contribution in [1.82, 2.24) is 0 Å². The third kappa shape index (κ3) is 3.35. The van der Waals surface area contributed by atoms with Gasteiger partial charge in [0, 0.05) is 6.54 Å². The van der Waals surface area contributed by atoms with Crippen LogP contribution in [-0.4, -0.2) is 24.2 Å². The molecule has 0 aliphatic rings. The number of halogens is 4. The largest absolute Gasteiger partial charge is 0.385 e. The lowest BCUT2D eigenvalue weighted by Crippen LogP contribution is -2.27. The van der Waals surface area contributed by atoms with E-state index < -0.39 is 24.9 Å². The van der Waals surface area contributed by atoms with Gasteiger partial charge in [-0.1, -0.05) is 0 Å². The highest BCUT2D eigenvalue weighted by Gasteiger charge is 2.17. The van der Waals surface area contributed by atoms with E-state index in [1.54, 1.807) is 6.07 Å². The van der Waals surface area contributed by atoms with Gasteiger partial charge in [0.05, 0.1) is 15.7 Å². The Morgan fingerprint density at radius 1 is 1.47 bits per heavy atom. The first-order valence-corrected chi connectivity index (χ1v) is 5.35. The molecule has 1 unspecified atom stereocenters. The molecule has 7 heteroatoms. The van der Waals surface area contributed by atoms with E-state index in [1.807, 2.05) is 0 Å². The third-order valence-electron chi connectivity index (χ3n) is 2.00. The zero-order valence-corrected chi connectivity index (χ0v) is 10.0. The molecule has 92 valence electrons. The molecule has 1 aromatic rings. The molecule has 0 aliphatic heterocycles. The number of alkyl halides is 2. The van der Waals surface area contributed by atoms with E-state index in [-0.39, 0.29) is 15.7 Å². The van der Waals surface area contributed by atoms with Gasteiger partial charge in [0.25, 0.3) is 6.43 Å². The third-order valence-corrected chi connectivity index (χ3v) is 2.77. The molecule has 0 saturated carbocycles. The summed E-state index contributed by atoms with van der Waals surface area (Å²) < 4.78 is 37.5. The van der Waals surface area contributed by atoms with Crippen LogP contribution in [0, 0.1) is 17.1 Å². The number of aliphatic hydroxyl groups is 1. The van der Waals surface area contributed by atoms with Gasteiger partial charge in [-0.15, -0.1) is 0 Å². The van der Waals surface area contributed by atoms with E-state index >= 15 is 0 Å². The Kier molecular flexibility index (Phi) is 4.78. The molecule has 2 N–H and O–H groups in total. The number of nitrogens with one attached hydrogen (secondary N) is 1. The van der Waals surface area contributed by atoms with Crippen molar-refractivity contribution in [2.24, 2.45) is 0 Å². The van der Waals surface area contributed by atoms with Gasteiger partial charge in [-0.3, -0.25) is 0 Å². The van der Waals surface area contributed by atoms with E-state index in [4.69, 9.17) is 10.4 Å². The molecular weight excluding hydrogens is 301 g/mol. The molecule has 0 fully saturated rings. The second-order valence-corrected chi connectivity index (χ2v) is 3.98. The highest BCUT2D eigenvalue weighted by atomic mass is 79.9. The zero-order chi connectivity index (χ0) is 13.0. The summed E-state index contributed by atoms with van der Waals surface area (Å²) in [6.07, 6.45) is -4.77. The number of nitrogens with zero attached hydrogens (tertiary/aromatic N) is 1. The first kappa shape index (κ1) is 13.8. The summed E-state index contributed by atoms with van der Waals surface area (Å²) in [4.78, 5) is 0. The summed E-state index contributed by atoms with van der Waals surface area (Å²) in [5.41, 5.74) is 0.0398. The summed E-state index contributed by atoms with van der Waals surface area (Å²) in [5.74, 6) is -0.759. The quantitative estimate of drug-likeness (QED) is 0.898. The second kappa shape index (κ2) is 5.89. The van der Waals surface area contributed by atoms with Crippen LogP contribution in [0.25, 0.3) is 0 Å². The van der Waals surface area contributed by atoms with Gasteiger partial charge in [-0.2, -0.15) is 5.26 Å². The van der Waals surface area contributed by atoms with Crippen LogP contribution in [0.15, 0.2) is 16.6 Å². The highest BCUT2D eigenvalue weighted by Crippen LogP contribution is 2.26. The minimum Gasteiger partial charge on any atom is -0.385 e. The van der Waals surface area contributed by atoms with Crippen LogP contribution in [0.5, 0.6) is 0 Å². The van der Waals surface area contributed by atoms with E-state index in [9.17, 15) is 13.2 Å². The summed E-state index contributed by atoms with van der Waals surface area (Å²) >= 11 is 2.88. The van der Waals surface area contributed by atoms with Crippen LogP contribution >= 0.6 is 15.9 Å². The van der Waals surface area contributed by atoms with Crippen molar-refractivity contribution >= 4 is 21.6 Å². The van der Waals surface area contributed by atoms with Gasteiger partial charge in [0.1, 0.15) is 12.2 Å². The molecule has 0 amide bonds. The van der Waals surface area contributed by atoms with Crippen LogP contribution in [0.4, 0.5) is 18.9 Å². The minimum atomic E-state index is -2.90. The van der Waals surface area contributed by atoms with E-state index in [2.05, 4.69) is 21.2 Å². The van der Waals surface area contributed by atoms with Gasteiger partial charge in [0.15, 0.2) is 5.82 Å².